The summed E-state index contributed by atoms with van der Waals surface area (Å²) in [6, 6.07) is 0.498. The molecule has 2 fully saturated rings. The molecule has 74 valence electrons. The minimum Gasteiger partial charge on any atom is -0.326 e. The lowest BCUT2D eigenvalue weighted by molar-refractivity contribution is -0.128. The van der Waals surface area contributed by atoms with Crippen molar-refractivity contribution in [3.8, 4) is 0 Å². The summed E-state index contributed by atoms with van der Waals surface area (Å²) in [5.41, 5.74) is 0.438. The molecule has 0 spiro atoms. The Hall–Kier alpha value is -0.570. The molecule has 0 bridgehead atoms. The maximum Gasteiger partial charge on any atom is 0.237 e. The lowest BCUT2D eigenvalue weighted by Gasteiger charge is -2.24. The second-order valence-electron chi connectivity index (χ2n) is 5.01. The molecule has 0 radical (unpaired) electrons. The second-order valence-corrected chi connectivity index (χ2v) is 5.01. The quantitative estimate of drug-likeness (QED) is 0.655. The van der Waals surface area contributed by atoms with Gasteiger partial charge >= 0.3 is 0 Å². The van der Waals surface area contributed by atoms with Gasteiger partial charge in [0.1, 0.15) is 0 Å². The molecular weight excluding hydrogens is 164 g/mol. The van der Waals surface area contributed by atoms with Crippen LogP contribution in [0.3, 0.4) is 0 Å². The molecule has 3 heteroatoms. The van der Waals surface area contributed by atoms with Gasteiger partial charge in [0.15, 0.2) is 0 Å². The average Bonchev–Trinajstić information content (AvgIpc) is 2.56. The van der Waals surface area contributed by atoms with E-state index >= 15 is 0 Å². The summed E-state index contributed by atoms with van der Waals surface area (Å²) in [6.07, 6.45) is 3.60. The Bertz CT molecular complexity index is 225. The van der Waals surface area contributed by atoms with Crippen LogP contribution >= 0.6 is 0 Å². The number of hydrogen-bond donors (Lipinski definition) is 1. The lowest BCUT2D eigenvalue weighted by atomic mass is 9.91. The van der Waals surface area contributed by atoms with Crippen LogP contribution in [-0.4, -0.2) is 30.1 Å². The normalized spacial score (nSPS) is 32.9. The molecule has 1 aliphatic heterocycles. The van der Waals surface area contributed by atoms with E-state index in [2.05, 4.69) is 19.2 Å². The van der Waals surface area contributed by atoms with Gasteiger partial charge in [0.25, 0.3) is 0 Å². The monoisotopic (exact) mass is 182 g/mol. The van der Waals surface area contributed by atoms with Crippen molar-refractivity contribution in [2.24, 2.45) is 5.41 Å². The van der Waals surface area contributed by atoms with E-state index in [0.717, 1.165) is 6.67 Å². The standard InChI is InChI=1S/C10H18N2O/c1-10(2)4-3-8(5-10)12-7-11-6-9(12)13/h8,11H,3-7H2,1-2H3. The van der Waals surface area contributed by atoms with Gasteiger partial charge in [-0.3, -0.25) is 10.1 Å². The van der Waals surface area contributed by atoms with E-state index in [-0.39, 0.29) is 5.91 Å². The molecule has 1 saturated carbocycles. The molecule has 0 aromatic rings. The molecule has 0 aromatic carbocycles. The fraction of sp³-hybridized carbons (Fsp3) is 0.900. The number of nitrogens with one attached hydrogen (secondary N) is 1. The molecule has 3 nitrogen and oxygen atoms in total. The fourth-order valence-electron chi connectivity index (χ4n) is 2.47. The maximum absolute atomic E-state index is 11.4. The van der Waals surface area contributed by atoms with Gasteiger partial charge in [-0.25, -0.2) is 0 Å². The predicted molar refractivity (Wildman–Crippen MR) is 51.1 cm³/mol. The van der Waals surface area contributed by atoms with Gasteiger partial charge in [-0.1, -0.05) is 13.8 Å². The third-order valence-electron chi connectivity index (χ3n) is 3.26. The highest BCUT2D eigenvalue weighted by Gasteiger charge is 2.37. The van der Waals surface area contributed by atoms with Gasteiger partial charge in [-0.2, -0.15) is 0 Å². The zero-order chi connectivity index (χ0) is 9.47. The Morgan fingerprint density at radius 3 is 2.77 bits per heavy atom. The molecule has 1 N–H and O–H groups in total. The molecular formula is C10H18N2O. The summed E-state index contributed by atoms with van der Waals surface area (Å²) in [5, 5.41) is 3.10. The van der Waals surface area contributed by atoms with E-state index in [1.165, 1.54) is 19.3 Å². The summed E-state index contributed by atoms with van der Waals surface area (Å²) in [6.45, 7) is 5.89. The molecule has 13 heavy (non-hydrogen) atoms. The highest BCUT2D eigenvalue weighted by atomic mass is 16.2. The van der Waals surface area contributed by atoms with E-state index in [1.807, 2.05) is 4.90 Å². The van der Waals surface area contributed by atoms with Crippen molar-refractivity contribution in [3.63, 3.8) is 0 Å². The van der Waals surface area contributed by atoms with E-state index in [4.69, 9.17) is 0 Å². The number of carbonyl (C=O) groups excluding carboxylic acids is 1. The first kappa shape index (κ1) is 9.00. The summed E-state index contributed by atoms with van der Waals surface area (Å²) in [5.74, 6) is 0.280. The van der Waals surface area contributed by atoms with E-state index in [0.29, 0.717) is 18.0 Å². The SMILES string of the molecule is CC1(C)CCC(N2CNCC2=O)C1. The summed E-state index contributed by atoms with van der Waals surface area (Å²) in [7, 11) is 0. The third kappa shape index (κ3) is 1.70. The molecule has 1 amide bonds. The Morgan fingerprint density at radius 2 is 2.31 bits per heavy atom. The molecule has 1 saturated heterocycles. The van der Waals surface area contributed by atoms with Gasteiger partial charge in [0.2, 0.25) is 5.91 Å². The van der Waals surface area contributed by atoms with Crippen molar-refractivity contribution in [1.82, 2.24) is 10.2 Å². The third-order valence-corrected chi connectivity index (χ3v) is 3.26. The highest BCUT2D eigenvalue weighted by molar-refractivity contribution is 5.80. The van der Waals surface area contributed by atoms with Crippen LogP contribution in [0.25, 0.3) is 0 Å². The number of amides is 1. The largest absolute Gasteiger partial charge is 0.326 e. The van der Waals surface area contributed by atoms with Crippen LogP contribution in [0.15, 0.2) is 0 Å². The van der Waals surface area contributed by atoms with Crippen LogP contribution in [0.1, 0.15) is 33.1 Å². The first-order valence-electron chi connectivity index (χ1n) is 5.09. The topological polar surface area (TPSA) is 32.3 Å². The first-order valence-corrected chi connectivity index (χ1v) is 5.09. The van der Waals surface area contributed by atoms with Crippen molar-refractivity contribution in [2.75, 3.05) is 13.2 Å². The van der Waals surface area contributed by atoms with Gasteiger partial charge in [-0.05, 0) is 24.7 Å². The number of nitrogens with zero attached hydrogens (tertiary/aromatic N) is 1. The van der Waals surface area contributed by atoms with E-state index in [1.54, 1.807) is 0 Å². The second kappa shape index (κ2) is 2.98. The van der Waals surface area contributed by atoms with Crippen LogP contribution in [0.2, 0.25) is 0 Å². The van der Waals surface area contributed by atoms with E-state index < -0.39 is 0 Å². The van der Waals surface area contributed by atoms with Gasteiger partial charge in [0, 0.05) is 6.04 Å². The number of rotatable bonds is 1. The average molecular weight is 182 g/mol. The van der Waals surface area contributed by atoms with Crippen molar-refractivity contribution in [1.29, 1.82) is 0 Å². The lowest BCUT2D eigenvalue weighted by Crippen LogP contribution is -2.36. The smallest absolute Gasteiger partial charge is 0.237 e. The predicted octanol–water partition coefficient (Wildman–Crippen LogP) is 0.954. The minimum atomic E-state index is 0.280. The Labute approximate surface area is 79.5 Å². The summed E-state index contributed by atoms with van der Waals surface area (Å²) in [4.78, 5) is 13.4. The summed E-state index contributed by atoms with van der Waals surface area (Å²) < 4.78 is 0. The van der Waals surface area contributed by atoms with Crippen molar-refractivity contribution in [3.05, 3.63) is 0 Å². The highest BCUT2D eigenvalue weighted by Crippen LogP contribution is 2.39. The zero-order valence-corrected chi connectivity index (χ0v) is 8.47. The number of carbonyl (C=O) groups is 1. The molecule has 1 aliphatic carbocycles. The Morgan fingerprint density at radius 1 is 1.54 bits per heavy atom. The summed E-state index contributed by atoms with van der Waals surface area (Å²) >= 11 is 0. The van der Waals surface area contributed by atoms with Crippen molar-refractivity contribution in [2.45, 2.75) is 39.2 Å². The van der Waals surface area contributed by atoms with Crippen molar-refractivity contribution >= 4 is 5.91 Å². The molecule has 0 aromatic heterocycles. The van der Waals surface area contributed by atoms with Crippen LogP contribution < -0.4 is 5.32 Å². The van der Waals surface area contributed by atoms with Gasteiger partial charge < -0.3 is 4.90 Å². The van der Waals surface area contributed by atoms with Gasteiger partial charge in [0.05, 0.1) is 13.2 Å². The first-order chi connectivity index (χ1) is 6.08. The van der Waals surface area contributed by atoms with Gasteiger partial charge in [-0.15, -0.1) is 0 Å². The molecule has 2 aliphatic rings. The molecule has 1 heterocycles. The van der Waals surface area contributed by atoms with Crippen LogP contribution in [0.5, 0.6) is 0 Å². The zero-order valence-electron chi connectivity index (χ0n) is 8.47. The molecule has 2 rings (SSSR count). The van der Waals surface area contributed by atoms with Crippen LogP contribution in [0.4, 0.5) is 0 Å². The Kier molecular flexibility index (Phi) is 2.06. The fourth-order valence-corrected chi connectivity index (χ4v) is 2.47. The van der Waals surface area contributed by atoms with E-state index in [9.17, 15) is 4.79 Å². The number of hydrogen-bond acceptors (Lipinski definition) is 2. The Balaban J connectivity index is 1.99. The van der Waals surface area contributed by atoms with Crippen LogP contribution in [0, 0.1) is 5.41 Å². The molecule has 1 unspecified atom stereocenters. The maximum atomic E-state index is 11.4. The molecule has 1 atom stereocenters. The van der Waals surface area contributed by atoms with Crippen LogP contribution in [-0.2, 0) is 4.79 Å². The minimum absolute atomic E-state index is 0.280. The van der Waals surface area contributed by atoms with Crippen molar-refractivity contribution < 1.29 is 4.79 Å².